The van der Waals surface area contributed by atoms with Crippen LogP contribution in [0.1, 0.15) is 12.5 Å². The van der Waals surface area contributed by atoms with E-state index in [1.807, 2.05) is 6.92 Å². The van der Waals surface area contributed by atoms with E-state index in [1.165, 1.54) is 12.3 Å². The fourth-order valence-corrected chi connectivity index (χ4v) is 1.17. The van der Waals surface area contributed by atoms with Crippen molar-refractivity contribution in [2.24, 2.45) is 0 Å². The molecule has 0 atom stereocenters. The van der Waals surface area contributed by atoms with Crippen molar-refractivity contribution in [2.45, 2.75) is 6.92 Å². The van der Waals surface area contributed by atoms with Crippen LogP contribution in [0.25, 0.3) is 5.57 Å². The normalized spacial score (nSPS) is 13.2. The van der Waals surface area contributed by atoms with Crippen molar-refractivity contribution >= 4 is 17.1 Å². The van der Waals surface area contributed by atoms with Crippen molar-refractivity contribution in [1.29, 1.82) is 0 Å². The molecule has 1 aliphatic heterocycles. The molecule has 0 spiro atoms. The summed E-state index contributed by atoms with van der Waals surface area (Å²) >= 11 is 0. The van der Waals surface area contributed by atoms with E-state index in [0.717, 1.165) is 11.1 Å². The highest BCUT2D eigenvalue weighted by atomic mass is 16.6. The molecule has 1 radical (unpaired) electrons. The molecule has 0 fully saturated rings. The average molecular weight is 176 g/mol. The summed E-state index contributed by atoms with van der Waals surface area (Å²) in [5, 5.41) is 14.4. The molecule has 5 heteroatoms. The highest BCUT2D eigenvalue weighted by Crippen LogP contribution is 2.30. The van der Waals surface area contributed by atoms with Crippen molar-refractivity contribution in [3.63, 3.8) is 0 Å². The van der Waals surface area contributed by atoms with E-state index in [4.69, 9.17) is 0 Å². The molecule has 13 heavy (non-hydrogen) atoms. The Morgan fingerprint density at radius 1 is 1.54 bits per heavy atom. The highest BCUT2D eigenvalue weighted by molar-refractivity contribution is 5.77. The maximum absolute atomic E-state index is 10.4. The molecule has 0 amide bonds. The van der Waals surface area contributed by atoms with Gasteiger partial charge in [0.2, 0.25) is 0 Å². The number of pyridine rings is 1. The molecule has 5 nitrogen and oxygen atoms in total. The zero-order chi connectivity index (χ0) is 9.42. The molecule has 0 unspecified atom stereocenters. The van der Waals surface area contributed by atoms with Gasteiger partial charge in [0, 0.05) is 17.8 Å². The molecule has 0 aliphatic carbocycles. The molecule has 0 saturated carbocycles. The highest BCUT2D eigenvalue weighted by Gasteiger charge is 2.17. The zero-order valence-electron chi connectivity index (χ0n) is 6.89. The molecule has 65 valence electrons. The predicted octanol–water partition coefficient (Wildman–Crippen LogP) is 1.60. The first kappa shape index (κ1) is 7.72. The van der Waals surface area contributed by atoms with Gasteiger partial charge in [0.25, 0.3) is 5.69 Å². The lowest BCUT2D eigenvalue weighted by atomic mass is 10.1. The van der Waals surface area contributed by atoms with E-state index >= 15 is 0 Å². The zero-order valence-corrected chi connectivity index (χ0v) is 6.89. The third-order valence-electron chi connectivity index (χ3n) is 1.87. The van der Waals surface area contributed by atoms with Crippen LogP contribution in [0.15, 0.2) is 18.5 Å². The molecular formula is C8H6N3O2. The summed E-state index contributed by atoms with van der Waals surface area (Å²) < 4.78 is 0. The Kier molecular flexibility index (Phi) is 1.51. The van der Waals surface area contributed by atoms with Crippen LogP contribution in [0.3, 0.4) is 0 Å². The Labute approximate surface area is 74.3 Å². The Bertz CT molecular complexity index is 412. The van der Waals surface area contributed by atoms with Gasteiger partial charge >= 0.3 is 0 Å². The second kappa shape index (κ2) is 2.55. The minimum atomic E-state index is -0.459. The van der Waals surface area contributed by atoms with E-state index in [9.17, 15) is 10.1 Å². The van der Waals surface area contributed by atoms with Crippen LogP contribution in [-0.2, 0) is 0 Å². The molecule has 0 N–H and O–H groups in total. The fourth-order valence-electron chi connectivity index (χ4n) is 1.17. The third kappa shape index (κ3) is 1.14. The molecule has 0 saturated heterocycles. The number of allylic oxidation sites excluding steroid dienone is 1. The molecule has 0 aromatic carbocycles. The van der Waals surface area contributed by atoms with Crippen molar-refractivity contribution in [3.8, 4) is 0 Å². The van der Waals surface area contributed by atoms with Crippen LogP contribution >= 0.6 is 0 Å². The van der Waals surface area contributed by atoms with Gasteiger partial charge in [-0.1, -0.05) is 0 Å². The van der Waals surface area contributed by atoms with Crippen molar-refractivity contribution < 1.29 is 4.92 Å². The van der Waals surface area contributed by atoms with Gasteiger partial charge in [-0.15, -0.1) is 0 Å². The van der Waals surface area contributed by atoms with E-state index < -0.39 is 4.92 Å². The number of hydrogen-bond acceptors (Lipinski definition) is 3. The summed E-state index contributed by atoms with van der Waals surface area (Å²) in [6.07, 6.45) is 2.87. The predicted molar refractivity (Wildman–Crippen MR) is 46.3 cm³/mol. The summed E-state index contributed by atoms with van der Waals surface area (Å²) in [4.78, 5) is 13.8. The fraction of sp³-hybridized carbons (Fsp3) is 0.125. The van der Waals surface area contributed by atoms with E-state index in [1.54, 1.807) is 6.20 Å². The van der Waals surface area contributed by atoms with Gasteiger partial charge in [0.15, 0.2) is 5.82 Å². The van der Waals surface area contributed by atoms with Gasteiger partial charge in [0.1, 0.15) is 6.20 Å². The lowest BCUT2D eigenvalue weighted by Gasteiger charge is -1.97. The smallest absolute Gasteiger partial charge is 0.258 e. The second-order valence-corrected chi connectivity index (χ2v) is 2.76. The van der Waals surface area contributed by atoms with E-state index in [2.05, 4.69) is 10.3 Å². The summed E-state index contributed by atoms with van der Waals surface area (Å²) in [6, 6.07) is 1.49. The molecule has 1 aromatic rings. The van der Waals surface area contributed by atoms with Crippen LogP contribution in [0, 0.1) is 10.1 Å². The van der Waals surface area contributed by atoms with Gasteiger partial charge in [-0.05, 0) is 12.5 Å². The first-order chi connectivity index (χ1) is 6.18. The Morgan fingerprint density at radius 2 is 2.31 bits per heavy atom. The summed E-state index contributed by atoms with van der Waals surface area (Å²) in [7, 11) is 0. The summed E-state index contributed by atoms with van der Waals surface area (Å²) in [6.45, 7) is 1.85. The quantitative estimate of drug-likeness (QED) is 0.482. The minimum Gasteiger partial charge on any atom is -0.258 e. The maximum Gasteiger partial charge on any atom is 0.288 e. The van der Waals surface area contributed by atoms with Crippen LogP contribution in [-0.4, -0.2) is 9.91 Å². The average Bonchev–Trinajstić information content (AvgIpc) is 2.47. The number of fused-ring (bicyclic) bond motifs is 1. The van der Waals surface area contributed by atoms with E-state index in [-0.39, 0.29) is 5.69 Å². The van der Waals surface area contributed by atoms with Crippen LogP contribution in [0.4, 0.5) is 11.5 Å². The van der Waals surface area contributed by atoms with Crippen LogP contribution in [0.5, 0.6) is 0 Å². The first-order valence-corrected chi connectivity index (χ1v) is 3.71. The summed E-state index contributed by atoms with van der Waals surface area (Å²) in [5.74, 6) is 0.558. The lowest BCUT2D eigenvalue weighted by molar-refractivity contribution is -0.385. The van der Waals surface area contributed by atoms with Crippen molar-refractivity contribution in [3.05, 3.63) is 34.1 Å². The van der Waals surface area contributed by atoms with Crippen LogP contribution < -0.4 is 5.32 Å². The van der Waals surface area contributed by atoms with E-state index in [0.29, 0.717) is 5.82 Å². The Morgan fingerprint density at radius 3 is 3.00 bits per heavy atom. The second-order valence-electron chi connectivity index (χ2n) is 2.76. The van der Waals surface area contributed by atoms with Crippen LogP contribution in [0.2, 0.25) is 0 Å². The topological polar surface area (TPSA) is 70.1 Å². The number of aromatic nitrogens is 1. The van der Waals surface area contributed by atoms with Crippen molar-refractivity contribution in [1.82, 2.24) is 10.3 Å². The number of rotatable bonds is 1. The minimum absolute atomic E-state index is 0.00333. The van der Waals surface area contributed by atoms with Gasteiger partial charge in [0.05, 0.1) is 4.92 Å². The first-order valence-electron chi connectivity index (χ1n) is 3.71. The molecule has 1 aliphatic rings. The number of nitrogens with zero attached hydrogens (tertiary/aromatic N) is 3. The number of nitro groups is 1. The molecule has 0 bridgehead atoms. The standard InChI is InChI=1S/C8H6N3O2/c1-5-3-9-8-7(5)2-6(4-10-8)11(12)13/h2-4H,1H3. The molecular weight excluding hydrogens is 170 g/mol. The Hall–Kier alpha value is -1.91. The summed E-state index contributed by atoms with van der Waals surface area (Å²) in [5.41, 5.74) is 1.66. The molecule has 2 heterocycles. The number of hydrogen-bond donors (Lipinski definition) is 0. The van der Waals surface area contributed by atoms with Gasteiger partial charge in [-0.3, -0.25) is 10.1 Å². The molecule has 1 aromatic heterocycles. The largest absolute Gasteiger partial charge is 0.288 e. The van der Waals surface area contributed by atoms with Gasteiger partial charge < -0.3 is 0 Å². The maximum atomic E-state index is 10.4. The SMILES string of the molecule is CC1=C[N]c2ncc([N+](=O)[O-])cc21. The lowest BCUT2D eigenvalue weighted by Crippen LogP contribution is -1.92. The monoisotopic (exact) mass is 176 g/mol. The van der Waals surface area contributed by atoms with Gasteiger partial charge in [-0.2, -0.15) is 0 Å². The Balaban J connectivity index is 2.53. The van der Waals surface area contributed by atoms with Gasteiger partial charge in [-0.25, -0.2) is 10.3 Å². The van der Waals surface area contributed by atoms with Crippen molar-refractivity contribution in [2.75, 3.05) is 0 Å². The third-order valence-corrected chi connectivity index (χ3v) is 1.87. The molecule has 2 rings (SSSR count).